The molecule has 0 spiro atoms. The molecule has 0 radical (unpaired) electrons. The molecule has 1 unspecified atom stereocenters. The summed E-state index contributed by atoms with van der Waals surface area (Å²) in [5.41, 5.74) is 7.34. The molecule has 0 bridgehead atoms. The van der Waals surface area contributed by atoms with Crippen molar-refractivity contribution >= 4 is 11.8 Å². The maximum absolute atomic E-state index is 11.9. The fourth-order valence-electron chi connectivity index (χ4n) is 4.25. The van der Waals surface area contributed by atoms with Crippen molar-refractivity contribution in [2.75, 3.05) is 0 Å². The van der Waals surface area contributed by atoms with Gasteiger partial charge in [-0.05, 0) is 23.8 Å². The molecule has 2 aromatic rings. The van der Waals surface area contributed by atoms with Crippen LogP contribution in [0.25, 0.3) is 5.70 Å². The molecule has 6 heteroatoms. The molecule has 1 aromatic heterocycles. The summed E-state index contributed by atoms with van der Waals surface area (Å²) >= 11 is 0. The van der Waals surface area contributed by atoms with Gasteiger partial charge >= 0.3 is 6.09 Å². The number of primary amides is 1. The van der Waals surface area contributed by atoms with E-state index in [0.717, 1.165) is 36.9 Å². The van der Waals surface area contributed by atoms with Crippen molar-refractivity contribution in [3.63, 3.8) is 0 Å². The number of nitrogens with zero attached hydrogens (tertiary/aromatic N) is 3. The molecule has 1 aliphatic carbocycles. The van der Waals surface area contributed by atoms with Gasteiger partial charge in [-0.25, -0.2) is 14.5 Å². The lowest BCUT2D eigenvalue weighted by Gasteiger charge is -2.36. The summed E-state index contributed by atoms with van der Waals surface area (Å²) in [7, 11) is 0. The van der Waals surface area contributed by atoms with Gasteiger partial charge in [0, 0.05) is 11.8 Å². The van der Waals surface area contributed by atoms with Crippen LogP contribution in [0.2, 0.25) is 0 Å². The average molecular weight is 383 g/mol. The van der Waals surface area contributed by atoms with E-state index in [1.807, 2.05) is 18.2 Å². The summed E-state index contributed by atoms with van der Waals surface area (Å²) in [6.45, 7) is 6.55. The highest BCUT2D eigenvalue weighted by atomic mass is 16.6. The fraction of sp³-hybridized carbons (Fsp3) is 0.500. The largest absolute Gasteiger partial charge is 0.413 e. The number of benzene rings is 1. The lowest BCUT2D eigenvalue weighted by atomic mass is 9.73. The minimum absolute atomic E-state index is 0.0494. The van der Waals surface area contributed by atoms with Crippen LogP contribution in [-0.4, -0.2) is 20.9 Å². The van der Waals surface area contributed by atoms with Crippen LogP contribution in [0.15, 0.2) is 48.7 Å². The van der Waals surface area contributed by atoms with Gasteiger partial charge in [0.2, 0.25) is 0 Å². The molecule has 1 aromatic carbocycles. The first-order chi connectivity index (χ1) is 13.4. The molecule has 1 aliphatic rings. The van der Waals surface area contributed by atoms with Gasteiger partial charge in [0.25, 0.3) is 0 Å². The van der Waals surface area contributed by atoms with Crippen molar-refractivity contribution < 1.29 is 9.53 Å². The second-order valence-electron chi connectivity index (χ2n) is 8.56. The van der Waals surface area contributed by atoms with E-state index in [-0.39, 0.29) is 17.3 Å². The van der Waals surface area contributed by atoms with Crippen molar-refractivity contribution in [1.82, 2.24) is 14.8 Å². The second-order valence-corrected chi connectivity index (χ2v) is 8.56. The predicted molar refractivity (Wildman–Crippen MR) is 109 cm³/mol. The van der Waals surface area contributed by atoms with Crippen molar-refractivity contribution in [3.05, 3.63) is 54.3 Å². The first-order valence-electron chi connectivity index (χ1n) is 9.99. The third-order valence-corrected chi connectivity index (χ3v) is 5.38. The first kappa shape index (κ1) is 20.1. The Labute approximate surface area is 166 Å². The van der Waals surface area contributed by atoms with Gasteiger partial charge in [0.1, 0.15) is 18.4 Å². The first-order valence-corrected chi connectivity index (χ1v) is 9.99. The number of nitrogens with two attached hydrogens (primary N) is 1. The Morgan fingerprint density at radius 2 is 1.86 bits per heavy atom. The highest BCUT2D eigenvalue weighted by Crippen LogP contribution is 2.46. The highest BCUT2D eigenvalue weighted by molar-refractivity contribution is 5.69. The monoisotopic (exact) mass is 382 g/mol. The van der Waals surface area contributed by atoms with Crippen molar-refractivity contribution in [3.8, 4) is 0 Å². The molecule has 0 aliphatic heterocycles. The van der Waals surface area contributed by atoms with E-state index in [1.165, 1.54) is 12.7 Å². The second kappa shape index (κ2) is 8.59. The van der Waals surface area contributed by atoms with Gasteiger partial charge in [0.15, 0.2) is 0 Å². The van der Waals surface area contributed by atoms with Crippen LogP contribution in [0.1, 0.15) is 64.4 Å². The number of carbonyl (C=O) groups is 1. The molecule has 6 nitrogen and oxygen atoms in total. The number of allylic oxidation sites excluding steroid dienone is 2. The van der Waals surface area contributed by atoms with Crippen LogP contribution in [0.5, 0.6) is 0 Å². The highest BCUT2D eigenvalue weighted by Gasteiger charge is 2.37. The normalized spacial score (nSPS) is 17.7. The maximum Gasteiger partial charge on any atom is 0.409 e. The Hall–Kier alpha value is -2.63. The molecule has 1 fully saturated rings. The number of hydrogen-bond donors (Lipinski definition) is 1. The van der Waals surface area contributed by atoms with Gasteiger partial charge in [-0.2, -0.15) is 5.10 Å². The van der Waals surface area contributed by atoms with Crippen LogP contribution in [0, 0.1) is 11.3 Å². The topological polar surface area (TPSA) is 83.0 Å². The van der Waals surface area contributed by atoms with Crippen molar-refractivity contribution in [2.24, 2.45) is 17.1 Å². The summed E-state index contributed by atoms with van der Waals surface area (Å²) in [4.78, 5) is 16.0. The fourth-order valence-corrected chi connectivity index (χ4v) is 4.25. The van der Waals surface area contributed by atoms with Gasteiger partial charge < -0.3 is 10.5 Å². The van der Waals surface area contributed by atoms with Gasteiger partial charge in [-0.15, -0.1) is 0 Å². The summed E-state index contributed by atoms with van der Waals surface area (Å²) < 4.78 is 7.45. The Morgan fingerprint density at radius 1 is 1.18 bits per heavy atom. The molecular weight excluding hydrogens is 352 g/mol. The molecule has 1 atom stereocenters. The van der Waals surface area contributed by atoms with E-state index in [1.54, 1.807) is 11.0 Å². The third kappa shape index (κ3) is 4.61. The molecule has 150 valence electrons. The Balaban J connectivity index is 2.25. The number of amides is 1. The molecule has 28 heavy (non-hydrogen) atoms. The lowest BCUT2D eigenvalue weighted by Crippen LogP contribution is -2.28. The van der Waals surface area contributed by atoms with Gasteiger partial charge in [0.05, 0.1) is 5.70 Å². The molecule has 2 N–H and O–H groups in total. The summed E-state index contributed by atoms with van der Waals surface area (Å²) in [6, 6.07) is 10.3. The van der Waals surface area contributed by atoms with E-state index >= 15 is 0 Å². The van der Waals surface area contributed by atoms with Crippen molar-refractivity contribution in [1.29, 1.82) is 0 Å². The Kier molecular flexibility index (Phi) is 6.17. The lowest BCUT2D eigenvalue weighted by molar-refractivity contribution is 0.166. The zero-order valence-corrected chi connectivity index (χ0v) is 17.0. The minimum atomic E-state index is -0.779. The van der Waals surface area contributed by atoms with Crippen LogP contribution < -0.4 is 5.73 Å². The van der Waals surface area contributed by atoms with Crippen LogP contribution in [0.3, 0.4) is 0 Å². The smallest absolute Gasteiger partial charge is 0.409 e. The molecule has 0 saturated heterocycles. The summed E-state index contributed by atoms with van der Waals surface area (Å²) in [5.74, 6) is 0.738. The zero-order chi connectivity index (χ0) is 20.1. The van der Waals surface area contributed by atoms with E-state index in [4.69, 9.17) is 10.5 Å². The number of carbonyl (C=O) groups excluding carboxylic acids is 1. The minimum Gasteiger partial charge on any atom is -0.413 e. The predicted octanol–water partition coefficient (Wildman–Crippen LogP) is 4.95. The molecule has 1 heterocycles. The molecule has 3 rings (SSSR count). The SMILES string of the molecule is CC(C)(C)C(C(=C(OC(N)=O)C1CCCCC1)n1cncn1)c1ccccc1. The quantitative estimate of drug-likeness (QED) is 0.742. The molecular formula is C22H30N4O2. The third-order valence-electron chi connectivity index (χ3n) is 5.38. The Morgan fingerprint density at radius 3 is 2.39 bits per heavy atom. The number of aromatic nitrogens is 3. The van der Waals surface area contributed by atoms with Gasteiger partial charge in [-0.1, -0.05) is 70.4 Å². The number of rotatable bonds is 5. The van der Waals surface area contributed by atoms with Gasteiger partial charge in [-0.3, -0.25) is 0 Å². The number of ether oxygens (including phenoxy) is 1. The average Bonchev–Trinajstić information content (AvgIpc) is 3.19. The summed E-state index contributed by atoms with van der Waals surface area (Å²) in [5, 5.41) is 4.42. The van der Waals surface area contributed by atoms with Crippen LogP contribution >= 0.6 is 0 Å². The van der Waals surface area contributed by atoms with Crippen molar-refractivity contribution in [2.45, 2.75) is 58.8 Å². The van der Waals surface area contributed by atoms with E-state index < -0.39 is 6.09 Å². The zero-order valence-electron chi connectivity index (χ0n) is 17.0. The molecule has 1 saturated carbocycles. The Bertz CT molecular complexity index is 801. The van der Waals surface area contributed by atoms with Crippen LogP contribution in [0.4, 0.5) is 4.79 Å². The standard InChI is InChI=1S/C22H30N4O2/c1-22(2,3)18(16-10-6-4-7-11-16)19(26-15-24-14-25-26)20(28-21(23)27)17-12-8-5-9-13-17/h4,6-7,10-11,14-15,17-18H,5,8-9,12-13H2,1-3H3,(H2,23,27). The van der Waals surface area contributed by atoms with E-state index in [9.17, 15) is 4.79 Å². The maximum atomic E-state index is 11.9. The van der Waals surface area contributed by atoms with E-state index in [2.05, 4.69) is 43.0 Å². The number of hydrogen-bond acceptors (Lipinski definition) is 4. The van der Waals surface area contributed by atoms with Crippen LogP contribution in [-0.2, 0) is 4.74 Å². The summed E-state index contributed by atoms with van der Waals surface area (Å²) in [6.07, 6.45) is 7.80. The molecule has 1 amide bonds. The van der Waals surface area contributed by atoms with E-state index in [0.29, 0.717) is 5.76 Å².